The van der Waals surface area contributed by atoms with Gasteiger partial charge in [-0.25, -0.2) is 0 Å². The molecule has 0 atom stereocenters. The summed E-state index contributed by atoms with van der Waals surface area (Å²) in [6.45, 7) is 7.37. The lowest BCUT2D eigenvalue weighted by Gasteiger charge is -2.16. The van der Waals surface area contributed by atoms with E-state index in [9.17, 15) is 0 Å². The highest BCUT2D eigenvalue weighted by Gasteiger charge is 2.17. The molecule has 114 valence electrons. The van der Waals surface area contributed by atoms with Crippen LogP contribution in [0.25, 0.3) is 10.6 Å². The topological polar surface area (TPSA) is 79.5 Å². The number of nitrogen functional groups attached to an aromatic ring is 1. The number of rotatable bonds is 7. The van der Waals surface area contributed by atoms with Crippen LogP contribution in [0.5, 0.6) is 17.2 Å². The zero-order valence-electron chi connectivity index (χ0n) is 12.4. The van der Waals surface area contributed by atoms with Crippen molar-refractivity contribution in [3.63, 3.8) is 0 Å². The fourth-order valence-corrected chi connectivity index (χ4v) is 2.44. The van der Waals surface area contributed by atoms with E-state index in [0.29, 0.717) is 37.1 Å². The van der Waals surface area contributed by atoms with Gasteiger partial charge in [-0.2, -0.15) is 9.36 Å². The summed E-state index contributed by atoms with van der Waals surface area (Å²) >= 11 is 1.24. The van der Waals surface area contributed by atoms with Gasteiger partial charge in [0.2, 0.25) is 11.7 Å². The Morgan fingerprint density at radius 3 is 2.00 bits per heavy atom. The van der Waals surface area contributed by atoms with E-state index in [1.807, 2.05) is 32.9 Å². The third kappa shape index (κ3) is 3.55. The Morgan fingerprint density at radius 1 is 1.00 bits per heavy atom. The van der Waals surface area contributed by atoms with Crippen LogP contribution in [0.1, 0.15) is 20.8 Å². The molecule has 0 radical (unpaired) electrons. The predicted molar refractivity (Wildman–Crippen MR) is 83.3 cm³/mol. The molecule has 1 aromatic heterocycles. The van der Waals surface area contributed by atoms with Gasteiger partial charge in [-0.05, 0) is 44.4 Å². The van der Waals surface area contributed by atoms with Gasteiger partial charge in [-0.15, -0.1) is 0 Å². The molecule has 0 aliphatic heterocycles. The summed E-state index contributed by atoms with van der Waals surface area (Å²) in [5, 5.41) is 0.720. The molecule has 0 aliphatic rings. The maximum absolute atomic E-state index is 5.67. The molecule has 7 heteroatoms. The summed E-state index contributed by atoms with van der Waals surface area (Å²) in [5.41, 5.74) is 6.43. The van der Waals surface area contributed by atoms with Crippen molar-refractivity contribution in [2.75, 3.05) is 25.6 Å². The third-order valence-electron chi connectivity index (χ3n) is 2.60. The molecular weight excluding hydrogens is 290 g/mol. The molecule has 2 rings (SSSR count). The van der Waals surface area contributed by atoms with E-state index in [1.54, 1.807) is 0 Å². The van der Waals surface area contributed by atoms with Crippen molar-refractivity contribution in [3.8, 4) is 27.8 Å². The van der Waals surface area contributed by atoms with Crippen LogP contribution in [0, 0.1) is 0 Å². The normalized spacial score (nSPS) is 10.4. The first-order valence-electron chi connectivity index (χ1n) is 6.85. The number of ether oxygens (including phenoxy) is 3. The summed E-state index contributed by atoms with van der Waals surface area (Å²) in [6.07, 6.45) is 0. The maximum Gasteiger partial charge on any atom is 0.232 e. The Kier molecular flexibility index (Phi) is 5.21. The van der Waals surface area contributed by atoms with Crippen LogP contribution in [0.15, 0.2) is 12.1 Å². The van der Waals surface area contributed by atoms with Crippen LogP contribution in [-0.2, 0) is 0 Å². The average molecular weight is 309 g/mol. The largest absolute Gasteiger partial charge is 0.490 e. The predicted octanol–water partition coefficient (Wildman–Crippen LogP) is 2.98. The van der Waals surface area contributed by atoms with E-state index in [2.05, 4.69) is 9.36 Å². The van der Waals surface area contributed by atoms with Crippen LogP contribution >= 0.6 is 11.5 Å². The summed E-state index contributed by atoms with van der Waals surface area (Å²) in [6, 6.07) is 3.74. The minimum Gasteiger partial charge on any atom is -0.490 e. The number of benzene rings is 1. The summed E-state index contributed by atoms with van der Waals surface area (Å²) in [4.78, 5) is 4.19. The number of nitrogens with two attached hydrogens (primary N) is 1. The second-order valence-electron chi connectivity index (χ2n) is 4.06. The lowest BCUT2D eigenvalue weighted by molar-refractivity contribution is 0.261. The van der Waals surface area contributed by atoms with Crippen LogP contribution in [0.2, 0.25) is 0 Å². The Balaban J connectivity index is 2.51. The molecule has 1 heterocycles. The van der Waals surface area contributed by atoms with Crippen molar-refractivity contribution in [2.45, 2.75) is 20.8 Å². The van der Waals surface area contributed by atoms with Gasteiger partial charge in [0.25, 0.3) is 0 Å². The molecule has 0 unspecified atom stereocenters. The van der Waals surface area contributed by atoms with Crippen LogP contribution in [0.4, 0.5) is 5.95 Å². The molecule has 0 amide bonds. The second-order valence-corrected chi connectivity index (χ2v) is 4.81. The molecule has 2 aromatic rings. The van der Waals surface area contributed by atoms with Gasteiger partial charge in [0.15, 0.2) is 11.5 Å². The highest BCUT2D eigenvalue weighted by molar-refractivity contribution is 7.09. The lowest BCUT2D eigenvalue weighted by Crippen LogP contribution is -2.02. The first kappa shape index (κ1) is 15.4. The first-order valence-corrected chi connectivity index (χ1v) is 7.62. The van der Waals surface area contributed by atoms with E-state index in [-0.39, 0.29) is 5.95 Å². The molecule has 6 nitrogen and oxygen atoms in total. The molecule has 0 bridgehead atoms. The fraction of sp³-hybridized carbons (Fsp3) is 0.429. The van der Waals surface area contributed by atoms with Crippen molar-refractivity contribution in [3.05, 3.63) is 12.1 Å². The van der Waals surface area contributed by atoms with E-state index in [1.165, 1.54) is 11.5 Å². The molecule has 0 spiro atoms. The SMILES string of the molecule is CCOc1cc(-c2nc(N)ns2)cc(OCC)c1OCC. The molecule has 2 N–H and O–H groups in total. The minimum absolute atomic E-state index is 0.264. The molecule has 1 aromatic carbocycles. The van der Waals surface area contributed by atoms with E-state index >= 15 is 0 Å². The quantitative estimate of drug-likeness (QED) is 0.847. The van der Waals surface area contributed by atoms with Crippen LogP contribution < -0.4 is 19.9 Å². The van der Waals surface area contributed by atoms with Crippen molar-refractivity contribution >= 4 is 17.5 Å². The number of anilines is 1. The summed E-state index contributed by atoms with van der Waals surface area (Å²) in [7, 11) is 0. The minimum atomic E-state index is 0.264. The van der Waals surface area contributed by atoms with Crippen LogP contribution in [0.3, 0.4) is 0 Å². The maximum atomic E-state index is 5.67. The van der Waals surface area contributed by atoms with Crippen molar-refractivity contribution in [1.29, 1.82) is 0 Å². The molecule has 0 fully saturated rings. The third-order valence-corrected chi connectivity index (χ3v) is 3.38. The van der Waals surface area contributed by atoms with Crippen molar-refractivity contribution in [1.82, 2.24) is 9.36 Å². The fourth-order valence-electron chi connectivity index (χ4n) is 1.86. The number of hydrogen-bond acceptors (Lipinski definition) is 7. The number of hydrogen-bond donors (Lipinski definition) is 1. The Labute approximate surface area is 128 Å². The lowest BCUT2D eigenvalue weighted by atomic mass is 10.2. The van der Waals surface area contributed by atoms with Crippen molar-refractivity contribution < 1.29 is 14.2 Å². The zero-order valence-corrected chi connectivity index (χ0v) is 13.2. The van der Waals surface area contributed by atoms with Gasteiger partial charge in [0.1, 0.15) is 5.01 Å². The standard InChI is InChI=1S/C14H19N3O3S/c1-4-18-10-7-9(13-16-14(15)17-21-13)8-11(19-5-2)12(10)20-6-3/h7-8H,4-6H2,1-3H3,(H2,15,17). The summed E-state index contributed by atoms with van der Waals surface area (Å²) in [5.74, 6) is 2.14. The summed E-state index contributed by atoms with van der Waals surface area (Å²) < 4.78 is 21.0. The van der Waals surface area contributed by atoms with Crippen LogP contribution in [-0.4, -0.2) is 29.2 Å². The van der Waals surface area contributed by atoms with E-state index in [4.69, 9.17) is 19.9 Å². The first-order chi connectivity index (χ1) is 10.2. The molecular formula is C14H19N3O3S. The second kappa shape index (κ2) is 7.12. The average Bonchev–Trinajstić information content (AvgIpc) is 2.89. The zero-order chi connectivity index (χ0) is 15.2. The number of nitrogens with zero attached hydrogens (tertiary/aromatic N) is 2. The van der Waals surface area contributed by atoms with E-state index in [0.717, 1.165) is 10.6 Å². The van der Waals surface area contributed by atoms with Gasteiger partial charge in [0, 0.05) is 5.56 Å². The molecule has 0 saturated heterocycles. The Bertz CT molecular complexity index is 574. The molecule has 0 saturated carbocycles. The Morgan fingerprint density at radius 2 is 1.57 bits per heavy atom. The van der Waals surface area contributed by atoms with E-state index < -0.39 is 0 Å². The highest BCUT2D eigenvalue weighted by Crippen LogP contribution is 2.42. The molecule has 21 heavy (non-hydrogen) atoms. The van der Waals surface area contributed by atoms with Gasteiger partial charge < -0.3 is 19.9 Å². The van der Waals surface area contributed by atoms with Crippen molar-refractivity contribution in [2.24, 2.45) is 0 Å². The van der Waals surface area contributed by atoms with Gasteiger partial charge in [0.05, 0.1) is 19.8 Å². The Hall–Kier alpha value is -2.02. The van der Waals surface area contributed by atoms with Gasteiger partial charge >= 0.3 is 0 Å². The smallest absolute Gasteiger partial charge is 0.232 e. The highest BCUT2D eigenvalue weighted by atomic mass is 32.1. The van der Waals surface area contributed by atoms with Gasteiger partial charge in [-0.1, -0.05) is 0 Å². The number of aromatic nitrogens is 2. The van der Waals surface area contributed by atoms with Gasteiger partial charge in [-0.3, -0.25) is 0 Å². The molecule has 0 aliphatic carbocycles. The monoisotopic (exact) mass is 309 g/mol.